The topological polar surface area (TPSA) is 46.5 Å². The first-order chi connectivity index (χ1) is 10.8. The molecule has 122 valence electrons. The Kier molecular flexibility index (Phi) is 5.49. The number of carboxylic acid groups (broad SMARTS) is 1. The van der Waals surface area contributed by atoms with Crippen LogP contribution in [0.4, 0.5) is 0 Å². The molecule has 0 saturated carbocycles. The molecule has 2 rings (SSSR count). The number of hydrogen-bond acceptors (Lipinski definition) is 2. The predicted molar refractivity (Wildman–Crippen MR) is 96.7 cm³/mol. The molecule has 0 radical (unpaired) electrons. The molecule has 0 amide bonds. The number of carboxylic acids is 1. The van der Waals surface area contributed by atoms with Gasteiger partial charge in [-0.05, 0) is 42.8 Å². The third-order valence-corrected chi connectivity index (χ3v) is 8.35. The summed E-state index contributed by atoms with van der Waals surface area (Å²) in [6, 6.07) is 14.6. The molecule has 3 nitrogen and oxygen atoms in total. The lowest BCUT2D eigenvalue weighted by atomic mass is 10.2. The zero-order valence-electron chi connectivity index (χ0n) is 13.5. The fourth-order valence-electron chi connectivity index (χ4n) is 2.65. The van der Waals surface area contributed by atoms with Crippen LogP contribution < -0.4 is 9.92 Å². The van der Waals surface area contributed by atoms with E-state index in [-0.39, 0.29) is 5.73 Å². The van der Waals surface area contributed by atoms with Crippen molar-refractivity contribution in [1.82, 2.24) is 0 Å². The molecule has 0 saturated heterocycles. The number of halogens is 1. The molecule has 2 aromatic rings. The number of ether oxygens (including phenoxy) is 1. The molecule has 1 unspecified atom stereocenters. The highest BCUT2D eigenvalue weighted by Gasteiger charge is 2.34. The molecule has 2 aromatic carbocycles. The molecule has 0 bridgehead atoms. The number of carbonyl (C=O) groups is 1. The van der Waals surface area contributed by atoms with Crippen molar-refractivity contribution in [1.29, 1.82) is 0 Å². The summed E-state index contributed by atoms with van der Waals surface area (Å²) in [4.78, 5) is 11.0. The third-order valence-electron chi connectivity index (χ3n) is 4.14. The maximum absolute atomic E-state index is 11.0. The highest BCUT2D eigenvalue weighted by Crippen LogP contribution is 2.22. The van der Waals surface area contributed by atoms with Crippen LogP contribution in [0.15, 0.2) is 48.5 Å². The van der Waals surface area contributed by atoms with Gasteiger partial charge in [-0.15, -0.1) is 0 Å². The van der Waals surface area contributed by atoms with Crippen LogP contribution in [-0.4, -0.2) is 24.9 Å². The van der Waals surface area contributed by atoms with Crippen molar-refractivity contribution in [3.8, 4) is 5.75 Å². The van der Waals surface area contributed by atoms with Crippen LogP contribution in [0.2, 0.25) is 18.1 Å². The molecule has 0 aliphatic carbocycles. The lowest BCUT2D eigenvalue weighted by molar-refractivity contribution is 0.0697. The summed E-state index contributed by atoms with van der Waals surface area (Å²) in [5.74, 6) is -0.0931. The van der Waals surface area contributed by atoms with Gasteiger partial charge in [-0.3, -0.25) is 0 Å². The van der Waals surface area contributed by atoms with Gasteiger partial charge in [0.2, 0.25) is 0 Å². The second-order valence-electron chi connectivity index (χ2n) is 6.07. The highest BCUT2D eigenvalue weighted by atomic mass is 35.5. The van der Waals surface area contributed by atoms with Crippen molar-refractivity contribution in [2.75, 3.05) is 0 Å². The molecule has 0 heterocycles. The van der Waals surface area contributed by atoms with Crippen molar-refractivity contribution in [2.24, 2.45) is 0 Å². The summed E-state index contributed by atoms with van der Waals surface area (Å²) in [6.45, 7) is 6.60. The van der Waals surface area contributed by atoms with E-state index in [0.29, 0.717) is 10.6 Å². The van der Waals surface area contributed by atoms with Crippen LogP contribution in [0.1, 0.15) is 23.7 Å². The SMILES string of the molecule is CCC(Oc1ccc(Cl)cc1)[Si](C)(C)c1ccc(C(=O)O)cc1. The van der Waals surface area contributed by atoms with Crippen LogP contribution in [0.3, 0.4) is 0 Å². The van der Waals surface area contributed by atoms with Gasteiger partial charge in [0.15, 0.2) is 0 Å². The predicted octanol–water partition coefficient (Wildman–Crippen LogP) is 4.35. The molecule has 23 heavy (non-hydrogen) atoms. The van der Waals surface area contributed by atoms with Crippen LogP contribution in [-0.2, 0) is 0 Å². The van der Waals surface area contributed by atoms with Crippen molar-refractivity contribution in [3.05, 3.63) is 59.1 Å². The Bertz CT molecular complexity index is 666. The van der Waals surface area contributed by atoms with Crippen molar-refractivity contribution in [2.45, 2.75) is 32.2 Å². The second kappa shape index (κ2) is 7.19. The van der Waals surface area contributed by atoms with Gasteiger partial charge in [0.25, 0.3) is 0 Å². The van der Waals surface area contributed by atoms with Gasteiger partial charge in [-0.25, -0.2) is 4.79 Å². The molecule has 1 atom stereocenters. The molecule has 0 fully saturated rings. The average Bonchev–Trinajstić information content (AvgIpc) is 2.54. The fraction of sp³-hybridized carbons (Fsp3) is 0.278. The molecule has 0 aliphatic heterocycles. The molecule has 1 N–H and O–H groups in total. The Labute approximate surface area is 142 Å². The van der Waals surface area contributed by atoms with E-state index in [2.05, 4.69) is 20.0 Å². The van der Waals surface area contributed by atoms with E-state index in [0.717, 1.165) is 12.2 Å². The van der Waals surface area contributed by atoms with Crippen LogP contribution in [0.25, 0.3) is 0 Å². The lowest BCUT2D eigenvalue weighted by Crippen LogP contribution is -2.55. The first-order valence-electron chi connectivity index (χ1n) is 7.60. The van der Waals surface area contributed by atoms with Crippen molar-refractivity contribution in [3.63, 3.8) is 0 Å². The van der Waals surface area contributed by atoms with E-state index in [1.165, 1.54) is 5.19 Å². The molecule has 0 spiro atoms. The van der Waals surface area contributed by atoms with E-state index in [4.69, 9.17) is 21.4 Å². The van der Waals surface area contributed by atoms with E-state index >= 15 is 0 Å². The Morgan fingerprint density at radius 2 is 1.70 bits per heavy atom. The van der Waals surface area contributed by atoms with Gasteiger partial charge in [0.05, 0.1) is 11.3 Å². The van der Waals surface area contributed by atoms with Crippen molar-refractivity contribution < 1.29 is 14.6 Å². The van der Waals surface area contributed by atoms with Gasteiger partial charge < -0.3 is 9.84 Å². The first kappa shape index (κ1) is 17.6. The molecular formula is C18H21ClO3Si. The third kappa shape index (κ3) is 4.15. The smallest absolute Gasteiger partial charge is 0.335 e. The highest BCUT2D eigenvalue weighted by molar-refractivity contribution is 6.90. The second-order valence-corrected chi connectivity index (χ2v) is 11.2. The summed E-state index contributed by atoms with van der Waals surface area (Å²) < 4.78 is 6.20. The maximum Gasteiger partial charge on any atom is 0.335 e. The molecular weight excluding hydrogens is 328 g/mol. The van der Waals surface area contributed by atoms with E-state index in [1.807, 2.05) is 36.4 Å². The average molecular weight is 349 g/mol. The number of rotatable bonds is 6. The van der Waals surface area contributed by atoms with E-state index < -0.39 is 14.0 Å². The lowest BCUT2D eigenvalue weighted by Gasteiger charge is -2.32. The summed E-state index contributed by atoms with van der Waals surface area (Å²) in [6.07, 6.45) is 0.891. The van der Waals surface area contributed by atoms with E-state index in [9.17, 15) is 4.79 Å². The fourth-order valence-corrected chi connectivity index (χ4v) is 5.62. The Hall–Kier alpha value is -1.78. The number of aromatic carboxylic acids is 1. The standard InChI is InChI=1S/C18H21ClO3Si/c1-4-17(22-15-9-7-14(19)8-10-15)23(2,3)16-11-5-13(6-12-16)18(20)21/h5-12,17H,4H2,1-3H3,(H,20,21). The Balaban J connectivity index is 2.23. The van der Waals surface area contributed by atoms with Gasteiger partial charge in [-0.2, -0.15) is 0 Å². The molecule has 0 aromatic heterocycles. The Morgan fingerprint density at radius 3 is 2.17 bits per heavy atom. The first-order valence-corrected chi connectivity index (χ1v) is 11.1. The minimum Gasteiger partial charge on any atom is -0.494 e. The number of hydrogen-bond donors (Lipinski definition) is 1. The zero-order chi connectivity index (χ0) is 17.0. The van der Waals surface area contributed by atoms with Gasteiger partial charge >= 0.3 is 5.97 Å². The van der Waals surface area contributed by atoms with E-state index in [1.54, 1.807) is 12.1 Å². The summed E-state index contributed by atoms with van der Waals surface area (Å²) >= 11 is 5.91. The quantitative estimate of drug-likeness (QED) is 0.789. The Morgan fingerprint density at radius 1 is 1.13 bits per heavy atom. The summed E-state index contributed by atoms with van der Waals surface area (Å²) in [5, 5.41) is 10.9. The van der Waals surface area contributed by atoms with Crippen LogP contribution >= 0.6 is 11.6 Å². The van der Waals surface area contributed by atoms with Crippen molar-refractivity contribution >= 4 is 30.8 Å². The van der Waals surface area contributed by atoms with Crippen LogP contribution in [0, 0.1) is 0 Å². The largest absolute Gasteiger partial charge is 0.494 e. The minimum absolute atomic E-state index is 0.0966. The van der Waals surface area contributed by atoms with Crippen LogP contribution in [0.5, 0.6) is 5.75 Å². The van der Waals surface area contributed by atoms with Gasteiger partial charge in [0.1, 0.15) is 13.8 Å². The maximum atomic E-state index is 11.0. The monoisotopic (exact) mass is 348 g/mol. The molecule has 5 heteroatoms. The zero-order valence-corrected chi connectivity index (χ0v) is 15.3. The normalized spacial score (nSPS) is 12.7. The summed E-state index contributed by atoms with van der Waals surface area (Å²) in [7, 11) is -1.91. The minimum atomic E-state index is -1.91. The summed E-state index contributed by atoms with van der Waals surface area (Å²) in [5.41, 5.74) is 0.407. The molecule has 0 aliphatic rings. The van der Waals surface area contributed by atoms with Gasteiger partial charge in [-0.1, -0.05) is 48.9 Å². The number of benzene rings is 2. The van der Waals surface area contributed by atoms with Gasteiger partial charge in [0, 0.05) is 5.02 Å².